The van der Waals surface area contributed by atoms with Crippen molar-refractivity contribution in [3.05, 3.63) is 0 Å². The average molecular weight is 402 g/mol. The second kappa shape index (κ2) is 10.9. The Kier molecular flexibility index (Phi) is 9.97. The highest BCUT2D eigenvalue weighted by atomic mass is 16.6. The quantitative estimate of drug-likeness (QED) is 0.503. The van der Waals surface area contributed by atoms with Crippen molar-refractivity contribution >= 4 is 23.9 Å². The number of methoxy groups -OCH3 is 1. The third-order valence-electron chi connectivity index (χ3n) is 3.56. The summed E-state index contributed by atoms with van der Waals surface area (Å²) in [5.74, 6) is -1.26. The van der Waals surface area contributed by atoms with Crippen LogP contribution in [0.1, 0.15) is 61.3 Å². The Morgan fingerprint density at radius 3 is 2.04 bits per heavy atom. The number of ether oxygens (including phenoxy) is 2. The van der Waals surface area contributed by atoms with Gasteiger partial charge in [-0.25, -0.2) is 4.79 Å². The first kappa shape index (κ1) is 25.7. The minimum atomic E-state index is -1.24. The van der Waals surface area contributed by atoms with Gasteiger partial charge in [0, 0.05) is 6.54 Å². The molecule has 0 aromatic rings. The van der Waals surface area contributed by atoms with Crippen LogP contribution in [0, 0.1) is 5.92 Å². The molecule has 28 heavy (non-hydrogen) atoms. The van der Waals surface area contributed by atoms with E-state index in [9.17, 15) is 19.2 Å². The molecule has 9 nitrogen and oxygen atoms in total. The molecule has 0 aliphatic rings. The lowest BCUT2D eigenvalue weighted by Gasteiger charge is -2.29. The van der Waals surface area contributed by atoms with E-state index in [2.05, 4.69) is 20.7 Å². The van der Waals surface area contributed by atoms with Gasteiger partial charge >= 0.3 is 12.1 Å². The Labute approximate surface area is 167 Å². The van der Waals surface area contributed by atoms with Crippen LogP contribution >= 0.6 is 0 Å². The number of carbonyl (C=O) groups is 4. The maximum atomic E-state index is 12.7. The van der Waals surface area contributed by atoms with E-state index in [1.54, 1.807) is 20.8 Å². The summed E-state index contributed by atoms with van der Waals surface area (Å²) in [6, 6.07) is -0.850. The SMILES string of the molecule is COC(=O)CCNC(=O)C(C)(C)NC(=O)[C@H](CC(C)C)NC(=O)OC(C)(C)C. The van der Waals surface area contributed by atoms with E-state index in [1.165, 1.54) is 21.0 Å². The molecule has 3 N–H and O–H groups in total. The molecule has 0 saturated carbocycles. The van der Waals surface area contributed by atoms with Crippen LogP contribution in [0.3, 0.4) is 0 Å². The first-order chi connectivity index (χ1) is 12.7. The number of alkyl carbamates (subject to hydrolysis) is 1. The zero-order valence-electron chi connectivity index (χ0n) is 18.2. The van der Waals surface area contributed by atoms with Crippen LogP contribution in [-0.2, 0) is 23.9 Å². The van der Waals surface area contributed by atoms with Gasteiger partial charge in [-0.15, -0.1) is 0 Å². The number of esters is 1. The molecule has 0 aromatic carbocycles. The fourth-order valence-corrected chi connectivity index (χ4v) is 2.21. The number of nitrogens with one attached hydrogen (secondary N) is 3. The summed E-state index contributed by atoms with van der Waals surface area (Å²) in [7, 11) is 1.26. The number of amides is 3. The lowest BCUT2D eigenvalue weighted by atomic mass is 9.99. The molecule has 162 valence electrons. The minimum Gasteiger partial charge on any atom is -0.469 e. The molecule has 0 fully saturated rings. The summed E-state index contributed by atoms with van der Waals surface area (Å²) in [6.45, 7) is 12.2. The summed E-state index contributed by atoms with van der Waals surface area (Å²) in [4.78, 5) is 48.2. The van der Waals surface area contributed by atoms with Gasteiger partial charge < -0.3 is 25.4 Å². The number of rotatable bonds is 9. The van der Waals surface area contributed by atoms with Crippen LogP contribution in [0.4, 0.5) is 4.79 Å². The molecule has 0 heterocycles. The summed E-state index contributed by atoms with van der Waals surface area (Å²) < 4.78 is 9.72. The number of hydrogen-bond acceptors (Lipinski definition) is 6. The lowest BCUT2D eigenvalue weighted by Crippen LogP contribution is -2.59. The van der Waals surface area contributed by atoms with Crippen molar-refractivity contribution in [2.75, 3.05) is 13.7 Å². The van der Waals surface area contributed by atoms with Gasteiger partial charge in [-0.2, -0.15) is 0 Å². The van der Waals surface area contributed by atoms with Crippen LogP contribution in [0.25, 0.3) is 0 Å². The molecule has 0 aliphatic carbocycles. The number of carbonyl (C=O) groups excluding carboxylic acids is 4. The molecular formula is C19H35N3O6. The molecule has 9 heteroatoms. The molecule has 0 spiro atoms. The molecular weight excluding hydrogens is 366 g/mol. The summed E-state index contributed by atoms with van der Waals surface area (Å²) in [6.07, 6.45) is -0.290. The van der Waals surface area contributed by atoms with Gasteiger partial charge in [0.25, 0.3) is 0 Å². The normalized spacial score (nSPS) is 12.8. The van der Waals surface area contributed by atoms with Gasteiger partial charge in [-0.3, -0.25) is 14.4 Å². The Morgan fingerprint density at radius 1 is 1.00 bits per heavy atom. The Morgan fingerprint density at radius 2 is 1.57 bits per heavy atom. The van der Waals surface area contributed by atoms with Crippen molar-refractivity contribution in [3.63, 3.8) is 0 Å². The predicted molar refractivity (Wildman–Crippen MR) is 104 cm³/mol. The molecule has 0 unspecified atom stereocenters. The molecule has 0 saturated heterocycles. The topological polar surface area (TPSA) is 123 Å². The molecule has 0 rings (SSSR count). The Hall–Kier alpha value is -2.32. The fourth-order valence-electron chi connectivity index (χ4n) is 2.21. The Bertz CT molecular complexity index is 567. The van der Waals surface area contributed by atoms with Gasteiger partial charge in [0.15, 0.2) is 0 Å². The van der Waals surface area contributed by atoms with E-state index in [4.69, 9.17) is 4.74 Å². The Balaban J connectivity index is 4.95. The van der Waals surface area contributed by atoms with E-state index >= 15 is 0 Å². The molecule has 0 radical (unpaired) electrons. The van der Waals surface area contributed by atoms with Gasteiger partial charge in [0.1, 0.15) is 17.2 Å². The summed E-state index contributed by atoms with van der Waals surface area (Å²) in [5.41, 5.74) is -1.93. The van der Waals surface area contributed by atoms with Crippen LogP contribution in [0.15, 0.2) is 0 Å². The average Bonchev–Trinajstić information content (AvgIpc) is 2.51. The van der Waals surface area contributed by atoms with Crippen molar-refractivity contribution in [3.8, 4) is 0 Å². The molecule has 1 atom stereocenters. The zero-order valence-corrected chi connectivity index (χ0v) is 18.2. The van der Waals surface area contributed by atoms with E-state index in [1.807, 2.05) is 13.8 Å². The van der Waals surface area contributed by atoms with Crippen molar-refractivity contribution < 1.29 is 28.7 Å². The summed E-state index contributed by atoms with van der Waals surface area (Å²) >= 11 is 0. The number of hydrogen-bond donors (Lipinski definition) is 3. The van der Waals surface area contributed by atoms with Gasteiger partial charge in [-0.1, -0.05) is 13.8 Å². The molecule has 0 aromatic heterocycles. The predicted octanol–water partition coefficient (Wildman–Crippen LogP) is 1.50. The third-order valence-corrected chi connectivity index (χ3v) is 3.56. The van der Waals surface area contributed by atoms with Crippen molar-refractivity contribution in [2.45, 2.75) is 78.5 Å². The van der Waals surface area contributed by atoms with Crippen molar-refractivity contribution in [1.29, 1.82) is 0 Å². The van der Waals surface area contributed by atoms with E-state index in [0.717, 1.165) is 0 Å². The van der Waals surface area contributed by atoms with Crippen LogP contribution in [0.2, 0.25) is 0 Å². The first-order valence-corrected chi connectivity index (χ1v) is 9.34. The largest absolute Gasteiger partial charge is 0.469 e. The maximum Gasteiger partial charge on any atom is 0.408 e. The second-order valence-corrected chi connectivity index (χ2v) is 8.52. The van der Waals surface area contributed by atoms with E-state index in [-0.39, 0.29) is 18.9 Å². The van der Waals surface area contributed by atoms with Crippen LogP contribution in [0.5, 0.6) is 0 Å². The van der Waals surface area contributed by atoms with Crippen molar-refractivity contribution in [1.82, 2.24) is 16.0 Å². The highest BCUT2D eigenvalue weighted by molar-refractivity contribution is 5.93. The lowest BCUT2D eigenvalue weighted by molar-refractivity contribution is -0.140. The van der Waals surface area contributed by atoms with Crippen LogP contribution in [-0.4, -0.2) is 54.7 Å². The van der Waals surface area contributed by atoms with Crippen molar-refractivity contribution in [2.24, 2.45) is 5.92 Å². The molecule has 3 amide bonds. The zero-order chi connectivity index (χ0) is 22.1. The first-order valence-electron chi connectivity index (χ1n) is 9.34. The molecule has 0 bridgehead atoms. The monoisotopic (exact) mass is 401 g/mol. The van der Waals surface area contributed by atoms with E-state index in [0.29, 0.717) is 6.42 Å². The smallest absolute Gasteiger partial charge is 0.408 e. The van der Waals surface area contributed by atoms with Gasteiger partial charge in [0.05, 0.1) is 13.5 Å². The standard InChI is InChI=1S/C19H35N3O6/c1-12(2)11-13(21-17(26)28-18(3,4)5)15(24)22-19(6,7)16(25)20-10-9-14(23)27-8/h12-13H,9-11H2,1-8H3,(H,20,25)(H,21,26)(H,22,24)/t13-/m0/s1. The second-order valence-electron chi connectivity index (χ2n) is 8.52. The van der Waals surface area contributed by atoms with Gasteiger partial charge in [0.2, 0.25) is 11.8 Å². The minimum absolute atomic E-state index is 0.0302. The molecule has 0 aliphatic heterocycles. The van der Waals surface area contributed by atoms with Gasteiger partial charge in [-0.05, 0) is 47.0 Å². The van der Waals surface area contributed by atoms with Crippen LogP contribution < -0.4 is 16.0 Å². The highest BCUT2D eigenvalue weighted by Gasteiger charge is 2.33. The maximum absolute atomic E-state index is 12.7. The fraction of sp³-hybridized carbons (Fsp3) is 0.789. The highest BCUT2D eigenvalue weighted by Crippen LogP contribution is 2.11. The third kappa shape index (κ3) is 10.7. The summed E-state index contributed by atoms with van der Waals surface area (Å²) in [5, 5.41) is 7.79. The van der Waals surface area contributed by atoms with E-state index < -0.39 is 41.1 Å².